The largest absolute Gasteiger partial charge is 0.309 e. The number of hydrogen-bond acceptors (Lipinski definition) is 2. The van der Waals surface area contributed by atoms with Crippen molar-refractivity contribution in [1.82, 2.24) is 28.2 Å². The van der Waals surface area contributed by atoms with Crippen LogP contribution in [0.4, 0.5) is 0 Å². The number of fused-ring (bicyclic) bond motifs is 18. The summed E-state index contributed by atoms with van der Waals surface area (Å²) in [7, 11) is 0. The molecule has 5 heterocycles. The molecule has 0 N–H and O–H groups in total. The van der Waals surface area contributed by atoms with Gasteiger partial charge < -0.3 is 13.7 Å². The molecule has 6 heteroatoms. The normalized spacial score (nSPS) is 13.4. The van der Waals surface area contributed by atoms with E-state index in [2.05, 4.69) is 386 Å². The first-order valence-electron chi connectivity index (χ1n) is 36.9. The Bertz CT molecular complexity index is 7150. The van der Waals surface area contributed by atoms with Gasteiger partial charge >= 0.3 is 0 Å². The van der Waals surface area contributed by atoms with E-state index in [1.165, 1.54) is 121 Å². The summed E-state index contributed by atoms with van der Waals surface area (Å²) in [6.45, 7) is 9.45. The van der Waals surface area contributed by atoms with E-state index in [0.29, 0.717) is 5.95 Å². The summed E-state index contributed by atoms with van der Waals surface area (Å²) in [4.78, 5) is 11.4. The van der Waals surface area contributed by atoms with Crippen LogP contribution in [0.15, 0.2) is 340 Å². The fraction of sp³-hybridized carbons (Fsp3) is 0.0600. The maximum atomic E-state index is 5.70. The van der Waals surface area contributed by atoms with E-state index in [1.54, 1.807) is 0 Å². The minimum atomic E-state index is -0.112. The Kier molecular flexibility index (Phi) is 12.8. The van der Waals surface area contributed by atoms with Gasteiger partial charge in [-0.3, -0.25) is 4.57 Å². The average Bonchev–Trinajstić information content (AvgIpc) is 1.57. The monoisotopic (exact) mass is 1350 g/mol. The Balaban J connectivity index is 0.657. The minimum Gasteiger partial charge on any atom is -0.309 e. The molecule has 0 saturated carbocycles. The Morgan fingerprint density at radius 2 is 0.538 bits per heavy atom. The van der Waals surface area contributed by atoms with Crippen molar-refractivity contribution in [3.05, 3.63) is 362 Å². The minimum absolute atomic E-state index is 0.105. The molecule has 2 aliphatic carbocycles. The van der Waals surface area contributed by atoms with Crippen LogP contribution in [0.1, 0.15) is 49.9 Å². The first-order chi connectivity index (χ1) is 52.1. The van der Waals surface area contributed by atoms with Gasteiger partial charge in [0.05, 0.1) is 55.5 Å². The zero-order chi connectivity index (χ0) is 70.3. The lowest BCUT2D eigenvalue weighted by molar-refractivity contribution is 0.660. The summed E-state index contributed by atoms with van der Waals surface area (Å²) in [5, 5.41) is 9.56. The lowest BCUT2D eigenvalue weighted by Gasteiger charge is -2.22. The molecule has 2 aliphatic rings. The molecule has 6 nitrogen and oxygen atoms in total. The molecular formula is C100H68N6. The van der Waals surface area contributed by atoms with E-state index >= 15 is 0 Å². The standard InChI is InChI=1S/C100H68N6/c1-99(2)84-35-16-10-28-71(84)73-47-45-68(58-86(73)99)104-91-38-19-13-32-77(91)81-55-63(42-50-95(81)104)62-41-49-94-80(54-62)76-31-12-18-37-90(76)103(94)67-26-22-25-66(53-67)88-60-89(75-30-9-8-27-70(75)61-23-6-5-7-24-61)102-98(101-88)106-93-40-21-15-34-79(93)83-57-65(44-52-97(83)106)64-43-51-96-82(56-64)78-33-14-20-39-92(78)105(96)69-46-48-74-72-29-11-17-36-85(72)100(3,4)87(74)59-69/h5-60H,1-4H3. The SMILES string of the molecule is CC1(C)c2ccccc2-c2ccc(-n3c4ccccc4c4cc(-c5ccc6c(c5)c5ccccc5n6-c5cccc(-c6cc(-c7ccccc7-c7ccccc7)nc(-n7c8ccccc8c8cc(-c9ccc%10c(c9)c9ccccc9n%10-c9ccc%10c(c9)C(C)(C)c9ccccc9-%10)ccc87)n6)c5)ccc43)cc21. The van der Waals surface area contributed by atoms with Gasteiger partial charge in [0, 0.05) is 82.1 Å². The molecule has 0 unspecified atom stereocenters. The van der Waals surface area contributed by atoms with Gasteiger partial charge in [0.15, 0.2) is 0 Å². The Morgan fingerprint density at radius 1 is 0.198 bits per heavy atom. The van der Waals surface area contributed by atoms with Gasteiger partial charge in [0.1, 0.15) is 0 Å². The molecule has 0 atom stereocenters. The fourth-order valence-corrected chi connectivity index (χ4v) is 18.5. The third-order valence-corrected chi connectivity index (χ3v) is 23.6. The van der Waals surface area contributed by atoms with Gasteiger partial charge in [-0.2, -0.15) is 0 Å². The van der Waals surface area contributed by atoms with Gasteiger partial charge in [-0.15, -0.1) is 0 Å². The predicted octanol–water partition coefficient (Wildman–Crippen LogP) is 25.8. The number of rotatable bonds is 9. The number of nitrogens with zero attached hydrogens (tertiary/aromatic N) is 6. The summed E-state index contributed by atoms with van der Waals surface area (Å²) in [5.41, 5.74) is 33.6. The highest BCUT2D eigenvalue weighted by Crippen LogP contribution is 2.52. The molecule has 0 bridgehead atoms. The Hall–Kier alpha value is -13.4. The average molecular weight is 1350 g/mol. The molecule has 0 saturated heterocycles. The maximum Gasteiger partial charge on any atom is 0.235 e. The summed E-state index contributed by atoms with van der Waals surface area (Å²) < 4.78 is 9.62. The molecule has 0 radical (unpaired) electrons. The Morgan fingerprint density at radius 3 is 1.00 bits per heavy atom. The van der Waals surface area contributed by atoms with E-state index in [4.69, 9.17) is 9.97 Å². The van der Waals surface area contributed by atoms with Gasteiger partial charge in [0.25, 0.3) is 0 Å². The van der Waals surface area contributed by atoms with Crippen LogP contribution in [0.3, 0.4) is 0 Å². The number of hydrogen-bond donors (Lipinski definition) is 0. The topological polar surface area (TPSA) is 45.5 Å². The van der Waals surface area contributed by atoms with Crippen LogP contribution in [0.5, 0.6) is 0 Å². The van der Waals surface area contributed by atoms with Crippen molar-refractivity contribution in [1.29, 1.82) is 0 Å². The molecule has 0 spiro atoms. The second kappa shape index (κ2) is 22.5. The van der Waals surface area contributed by atoms with Crippen LogP contribution in [0, 0.1) is 0 Å². The van der Waals surface area contributed by atoms with Crippen molar-refractivity contribution in [3.63, 3.8) is 0 Å². The summed E-state index contributed by atoms with van der Waals surface area (Å²) in [6.07, 6.45) is 0. The van der Waals surface area contributed by atoms with Crippen molar-refractivity contribution in [2.45, 2.75) is 38.5 Å². The van der Waals surface area contributed by atoms with Gasteiger partial charge in [-0.05, 0) is 193 Å². The highest BCUT2D eigenvalue weighted by molar-refractivity contribution is 6.15. The third kappa shape index (κ3) is 8.79. The van der Waals surface area contributed by atoms with Crippen LogP contribution >= 0.6 is 0 Å². The lowest BCUT2D eigenvalue weighted by Crippen LogP contribution is -2.15. The van der Waals surface area contributed by atoms with E-state index < -0.39 is 0 Å². The van der Waals surface area contributed by atoms with Crippen molar-refractivity contribution in [3.8, 4) is 101 Å². The van der Waals surface area contributed by atoms with E-state index in [0.717, 1.165) is 83.3 Å². The number of para-hydroxylation sites is 4. The van der Waals surface area contributed by atoms with Crippen LogP contribution < -0.4 is 0 Å². The van der Waals surface area contributed by atoms with Crippen LogP contribution in [0.2, 0.25) is 0 Å². The zero-order valence-corrected chi connectivity index (χ0v) is 59.0. The highest BCUT2D eigenvalue weighted by Gasteiger charge is 2.37. The van der Waals surface area contributed by atoms with Crippen molar-refractivity contribution in [2.75, 3.05) is 0 Å². The molecule has 5 aromatic heterocycles. The molecule has 498 valence electrons. The predicted molar refractivity (Wildman–Crippen MR) is 442 cm³/mol. The van der Waals surface area contributed by atoms with Gasteiger partial charge in [-0.1, -0.05) is 252 Å². The summed E-state index contributed by atoms with van der Waals surface area (Å²) in [5.74, 6) is 0.596. The maximum absolute atomic E-state index is 5.70. The number of benzene rings is 15. The number of aromatic nitrogens is 6. The van der Waals surface area contributed by atoms with Gasteiger partial charge in [0.2, 0.25) is 5.95 Å². The molecule has 0 aliphatic heterocycles. The van der Waals surface area contributed by atoms with Crippen molar-refractivity contribution in [2.24, 2.45) is 0 Å². The van der Waals surface area contributed by atoms with Crippen molar-refractivity contribution < 1.29 is 0 Å². The summed E-state index contributed by atoms with van der Waals surface area (Å²) >= 11 is 0. The van der Waals surface area contributed by atoms with E-state index in [9.17, 15) is 0 Å². The second-order valence-electron chi connectivity index (χ2n) is 30.0. The molecular weight excluding hydrogens is 1290 g/mol. The van der Waals surface area contributed by atoms with Crippen LogP contribution in [-0.4, -0.2) is 28.2 Å². The highest BCUT2D eigenvalue weighted by atomic mass is 15.2. The van der Waals surface area contributed by atoms with E-state index in [1.807, 2.05) is 0 Å². The molecule has 0 fully saturated rings. The molecule has 106 heavy (non-hydrogen) atoms. The smallest absolute Gasteiger partial charge is 0.235 e. The summed E-state index contributed by atoms with van der Waals surface area (Å²) in [6, 6.07) is 126. The first kappa shape index (κ1) is 60.2. The van der Waals surface area contributed by atoms with Gasteiger partial charge in [-0.25, -0.2) is 9.97 Å². The zero-order valence-electron chi connectivity index (χ0n) is 59.0. The second-order valence-corrected chi connectivity index (χ2v) is 30.0. The third-order valence-electron chi connectivity index (χ3n) is 23.6. The molecule has 0 amide bonds. The molecule has 15 aromatic carbocycles. The fourth-order valence-electron chi connectivity index (χ4n) is 18.5. The lowest BCUT2D eigenvalue weighted by atomic mass is 9.82. The first-order valence-corrected chi connectivity index (χ1v) is 36.9. The van der Waals surface area contributed by atoms with Crippen LogP contribution in [-0.2, 0) is 10.8 Å². The molecule has 22 rings (SSSR count). The van der Waals surface area contributed by atoms with E-state index in [-0.39, 0.29) is 10.8 Å². The Labute approximate surface area is 613 Å². The molecule has 20 aromatic rings. The van der Waals surface area contributed by atoms with Crippen molar-refractivity contribution >= 4 is 87.2 Å². The quantitative estimate of drug-likeness (QED) is 0.145. The van der Waals surface area contributed by atoms with Crippen LogP contribution in [0.25, 0.3) is 188 Å².